The first-order valence-corrected chi connectivity index (χ1v) is 6.86. The molecule has 5 nitrogen and oxygen atoms in total. The van der Waals surface area contributed by atoms with E-state index in [0.717, 1.165) is 0 Å². The van der Waals surface area contributed by atoms with Gasteiger partial charge in [0.25, 0.3) is 11.6 Å². The van der Waals surface area contributed by atoms with Crippen LogP contribution in [0.3, 0.4) is 0 Å². The van der Waals surface area contributed by atoms with Crippen LogP contribution in [0.1, 0.15) is 5.56 Å². The number of thioether (sulfide) groups is 1. The Morgan fingerprint density at radius 2 is 2.25 bits per heavy atom. The van der Waals surface area contributed by atoms with Crippen molar-refractivity contribution in [3.63, 3.8) is 0 Å². The Labute approximate surface area is 125 Å². The fourth-order valence-corrected chi connectivity index (χ4v) is 2.94. The summed E-state index contributed by atoms with van der Waals surface area (Å²) < 4.78 is 0.464. The van der Waals surface area contributed by atoms with Gasteiger partial charge in [0, 0.05) is 18.7 Å². The lowest BCUT2D eigenvalue weighted by Gasteiger charge is -2.10. The first-order valence-electron chi connectivity index (χ1n) is 5.63. The molecule has 0 aromatic heterocycles. The molecule has 2 rings (SSSR count). The summed E-state index contributed by atoms with van der Waals surface area (Å²) >= 11 is 6.30. The van der Waals surface area contributed by atoms with Crippen LogP contribution in [0.4, 0.5) is 5.69 Å². The third kappa shape index (κ3) is 2.94. The predicted molar refractivity (Wildman–Crippen MR) is 83.2 cm³/mol. The molecule has 20 heavy (non-hydrogen) atoms. The summed E-state index contributed by atoms with van der Waals surface area (Å²) in [5.41, 5.74) is 0.582. The summed E-state index contributed by atoms with van der Waals surface area (Å²) in [5.74, 6) is -0.202. The SMILES string of the molecule is C=CCN1C(=O)/C(=C/c2cccc([N+](=O)[O-])c2)SC1=S. The lowest BCUT2D eigenvalue weighted by molar-refractivity contribution is -0.384. The highest BCUT2D eigenvalue weighted by atomic mass is 32.2. The molecule has 102 valence electrons. The molecule has 1 aliphatic rings. The van der Waals surface area contributed by atoms with Gasteiger partial charge in [0.2, 0.25) is 0 Å². The number of non-ortho nitro benzene ring substituents is 1. The quantitative estimate of drug-likeness (QED) is 0.281. The molecule has 1 fully saturated rings. The minimum absolute atomic E-state index is 0.0136. The number of thiocarbonyl (C=S) groups is 1. The second kappa shape index (κ2) is 5.98. The van der Waals surface area contributed by atoms with Gasteiger partial charge in [-0.3, -0.25) is 19.8 Å². The van der Waals surface area contributed by atoms with Crippen LogP contribution in [0.25, 0.3) is 6.08 Å². The first-order chi connectivity index (χ1) is 9.52. The normalized spacial score (nSPS) is 16.8. The van der Waals surface area contributed by atoms with E-state index in [0.29, 0.717) is 21.3 Å². The summed E-state index contributed by atoms with van der Waals surface area (Å²) in [4.78, 5) is 24.2. The number of amides is 1. The maximum Gasteiger partial charge on any atom is 0.270 e. The number of hydrogen-bond acceptors (Lipinski definition) is 5. The summed E-state index contributed by atoms with van der Waals surface area (Å²) in [7, 11) is 0. The third-order valence-corrected chi connectivity index (χ3v) is 3.94. The van der Waals surface area contributed by atoms with Crippen molar-refractivity contribution in [2.24, 2.45) is 0 Å². The van der Waals surface area contributed by atoms with Gasteiger partial charge in [0.15, 0.2) is 0 Å². The van der Waals surface area contributed by atoms with Crippen LogP contribution >= 0.6 is 24.0 Å². The van der Waals surface area contributed by atoms with Crippen LogP contribution < -0.4 is 0 Å². The van der Waals surface area contributed by atoms with Crippen molar-refractivity contribution < 1.29 is 9.72 Å². The van der Waals surface area contributed by atoms with Gasteiger partial charge in [-0.2, -0.15) is 0 Å². The maximum atomic E-state index is 12.1. The number of rotatable bonds is 4. The topological polar surface area (TPSA) is 63.5 Å². The summed E-state index contributed by atoms with van der Waals surface area (Å²) in [6, 6.07) is 6.10. The zero-order chi connectivity index (χ0) is 14.7. The molecule has 0 radical (unpaired) electrons. The molecule has 0 unspecified atom stereocenters. The second-order valence-electron chi connectivity index (χ2n) is 3.93. The summed E-state index contributed by atoms with van der Waals surface area (Å²) in [6.45, 7) is 3.93. The summed E-state index contributed by atoms with van der Waals surface area (Å²) in [5, 5.41) is 10.7. The molecule has 0 aliphatic carbocycles. The number of carbonyl (C=O) groups is 1. The van der Waals surface area contributed by atoms with Crippen molar-refractivity contribution in [3.8, 4) is 0 Å². The molecule has 1 saturated heterocycles. The number of hydrogen-bond donors (Lipinski definition) is 0. The third-order valence-electron chi connectivity index (χ3n) is 2.56. The molecule has 0 saturated carbocycles. The Hall–Kier alpha value is -1.99. The monoisotopic (exact) mass is 306 g/mol. The molecule has 0 bridgehead atoms. The molecular formula is C13H10N2O3S2. The smallest absolute Gasteiger partial charge is 0.270 e. The number of nitro benzene ring substituents is 1. The van der Waals surface area contributed by atoms with Gasteiger partial charge in [-0.25, -0.2) is 0 Å². The van der Waals surface area contributed by atoms with Crippen LogP contribution in [-0.2, 0) is 4.79 Å². The highest BCUT2D eigenvalue weighted by Gasteiger charge is 2.30. The average molecular weight is 306 g/mol. The van der Waals surface area contributed by atoms with E-state index in [1.807, 2.05) is 0 Å². The zero-order valence-corrected chi connectivity index (χ0v) is 11.9. The second-order valence-corrected chi connectivity index (χ2v) is 5.61. The van der Waals surface area contributed by atoms with Crippen molar-refractivity contribution >= 4 is 46.0 Å². The fourth-order valence-electron chi connectivity index (χ4n) is 1.67. The summed E-state index contributed by atoms with van der Waals surface area (Å²) in [6.07, 6.45) is 3.20. The molecule has 1 aliphatic heterocycles. The fraction of sp³-hybridized carbons (Fsp3) is 0.0769. The van der Waals surface area contributed by atoms with E-state index >= 15 is 0 Å². The average Bonchev–Trinajstić information content (AvgIpc) is 2.67. The number of nitrogens with zero attached hydrogens (tertiary/aromatic N) is 2. The van der Waals surface area contributed by atoms with Crippen molar-refractivity contribution in [2.45, 2.75) is 0 Å². The van der Waals surface area contributed by atoms with Gasteiger partial charge in [0.05, 0.1) is 9.83 Å². The van der Waals surface area contributed by atoms with Crippen molar-refractivity contribution in [1.29, 1.82) is 0 Å². The Balaban J connectivity index is 2.30. The standard InChI is InChI=1S/C13H10N2O3S2/c1-2-6-14-12(16)11(20-13(14)19)8-9-4-3-5-10(7-9)15(17)18/h2-5,7-8H,1,6H2/b11-8-. The van der Waals surface area contributed by atoms with Crippen molar-refractivity contribution in [1.82, 2.24) is 4.90 Å². The lowest BCUT2D eigenvalue weighted by atomic mass is 10.2. The molecule has 0 atom stereocenters. The molecule has 1 amide bonds. The van der Waals surface area contributed by atoms with Crippen LogP contribution in [0, 0.1) is 10.1 Å². The van der Waals surface area contributed by atoms with E-state index in [9.17, 15) is 14.9 Å². The van der Waals surface area contributed by atoms with Gasteiger partial charge in [-0.1, -0.05) is 42.2 Å². The Morgan fingerprint density at radius 3 is 2.90 bits per heavy atom. The number of benzene rings is 1. The molecular weight excluding hydrogens is 296 g/mol. The zero-order valence-electron chi connectivity index (χ0n) is 10.3. The van der Waals surface area contributed by atoms with Gasteiger partial charge in [0.1, 0.15) is 4.32 Å². The molecule has 0 N–H and O–H groups in total. The minimum atomic E-state index is -0.472. The Bertz CT molecular complexity index is 640. The first kappa shape index (κ1) is 14.4. The Kier molecular flexibility index (Phi) is 4.31. The van der Waals surface area contributed by atoms with Gasteiger partial charge in [-0.15, -0.1) is 6.58 Å². The van der Waals surface area contributed by atoms with Crippen LogP contribution in [-0.4, -0.2) is 26.6 Å². The molecule has 0 spiro atoms. The van der Waals surface area contributed by atoms with E-state index in [1.54, 1.807) is 24.3 Å². The largest absolute Gasteiger partial charge is 0.289 e. The molecule has 7 heteroatoms. The number of nitro groups is 1. The van der Waals surface area contributed by atoms with E-state index in [-0.39, 0.29) is 11.6 Å². The van der Waals surface area contributed by atoms with Crippen molar-refractivity contribution in [3.05, 3.63) is 57.5 Å². The lowest BCUT2D eigenvalue weighted by Crippen LogP contribution is -2.27. The van der Waals surface area contributed by atoms with E-state index in [1.165, 1.54) is 28.8 Å². The van der Waals surface area contributed by atoms with Crippen molar-refractivity contribution in [2.75, 3.05) is 6.54 Å². The number of carbonyl (C=O) groups excluding carboxylic acids is 1. The Morgan fingerprint density at radius 1 is 1.50 bits per heavy atom. The highest BCUT2D eigenvalue weighted by Crippen LogP contribution is 2.32. The van der Waals surface area contributed by atoms with Crippen LogP contribution in [0.5, 0.6) is 0 Å². The van der Waals surface area contributed by atoms with Crippen LogP contribution in [0.2, 0.25) is 0 Å². The minimum Gasteiger partial charge on any atom is -0.289 e. The molecule has 1 aromatic rings. The van der Waals surface area contributed by atoms with Gasteiger partial charge >= 0.3 is 0 Å². The predicted octanol–water partition coefficient (Wildman–Crippen LogP) is 2.98. The molecule has 1 aromatic carbocycles. The van der Waals surface area contributed by atoms with Gasteiger partial charge in [-0.05, 0) is 11.6 Å². The van der Waals surface area contributed by atoms with Crippen LogP contribution in [0.15, 0.2) is 41.8 Å². The molecule has 1 heterocycles. The van der Waals surface area contributed by atoms with Gasteiger partial charge < -0.3 is 0 Å². The maximum absolute atomic E-state index is 12.1. The van der Waals surface area contributed by atoms with E-state index in [4.69, 9.17) is 12.2 Å². The highest BCUT2D eigenvalue weighted by molar-refractivity contribution is 8.26. The van der Waals surface area contributed by atoms with E-state index in [2.05, 4.69) is 6.58 Å². The van der Waals surface area contributed by atoms with E-state index < -0.39 is 4.92 Å².